The molecule has 2 heterocycles. The average molecular weight is 351 g/mol. The molecule has 0 saturated heterocycles. The van der Waals surface area contributed by atoms with E-state index in [1.165, 1.54) is 5.56 Å². The molecule has 5 heteroatoms. The van der Waals surface area contributed by atoms with Crippen molar-refractivity contribution in [2.45, 2.75) is 19.4 Å². The maximum Gasteiger partial charge on any atom is 0.315 e. The molecule has 2 N–H and O–H groups in total. The van der Waals surface area contributed by atoms with Crippen LogP contribution in [0.15, 0.2) is 65.5 Å². The van der Waals surface area contributed by atoms with Gasteiger partial charge in [-0.05, 0) is 41.5 Å². The van der Waals surface area contributed by atoms with Crippen LogP contribution in [-0.4, -0.2) is 17.6 Å². The van der Waals surface area contributed by atoms with E-state index in [-0.39, 0.29) is 6.03 Å². The first-order valence-corrected chi connectivity index (χ1v) is 9.29. The van der Waals surface area contributed by atoms with E-state index < -0.39 is 0 Å². The van der Waals surface area contributed by atoms with E-state index >= 15 is 0 Å². The van der Waals surface area contributed by atoms with Crippen molar-refractivity contribution < 1.29 is 4.79 Å². The van der Waals surface area contributed by atoms with E-state index in [2.05, 4.69) is 33.1 Å². The first kappa shape index (κ1) is 17.2. The molecule has 0 aliphatic rings. The largest absolute Gasteiger partial charge is 0.338 e. The molecule has 128 valence electrons. The lowest BCUT2D eigenvalue weighted by atomic mass is 10.1. The zero-order valence-corrected chi connectivity index (χ0v) is 14.8. The minimum atomic E-state index is -0.145. The number of amides is 2. The molecule has 0 bridgehead atoms. The van der Waals surface area contributed by atoms with Gasteiger partial charge >= 0.3 is 6.03 Å². The summed E-state index contributed by atoms with van der Waals surface area (Å²) >= 11 is 1.64. The van der Waals surface area contributed by atoms with Crippen LogP contribution in [0.1, 0.15) is 17.5 Å². The van der Waals surface area contributed by atoms with Crippen LogP contribution < -0.4 is 10.6 Å². The van der Waals surface area contributed by atoms with Gasteiger partial charge in [0.05, 0.1) is 5.69 Å². The Bertz CT molecular complexity index is 788. The molecular formula is C20H21N3OS. The lowest BCUT2D eigenvalue weighted by molar-refractivity contribution is 0.240. The fourth-order valence-corrected chi connectivity index (χ4v) is 3.26. The van der Waals surface area contributed by atoms with Gasteiger partial charge in [0.1, 0.15) is 0 Å². The highest BCUT2D eigenvalue weighted by Crippen LogP contribution is 2.23. The number of pyridine rings is 1. The van der Waals surface area contributed by atoms with Crippen LogP contribution in [0.2, 0.25) is 0 Å². The second-order valence-electron chi connectivity index (χ2n) is 5.72. The van der Waals surface area contributed by atoms with E-state index in [1.807, 2.05) is 41.8 Å². The molecule has 0 aliphatic carbocycles. The monoisotopic (exact) mass is 351 g/mol. The number of thiophene rings is 1. The van der Waals surface area contributed by atoms with E-state index in [4.69, 9.17) is 0 Å². The third-order valence-corrected chi connectivity index (χ3v) is 4.58. The van der Waals surface area contributed by atoms with Crippen molar-refractivity contribution in [2.75, 3.05) is 6.54 Å². The third kappa shape index (κ3) is 5.16. The van der Waals surface area contributed by atoms with Crippen LogP contribution in [0.25, 0.3) is 11.3 Å². The molecule has 25 heavy (non-hydrogen) atoms. The highest BCUT2D eigenvalue weighted by atomic mass is 32.1. The van der Waals surface area contributed by atoms with Crippen LogP contribution in [0.5, 0.6) is 0 Å². The fourth-order valence-electron chi connectivity index (χ4n) is 2.62. The average Bonchev–Trinajstić information content (AvgIpc) is 3.19. The van der Waals surface area contributed by atoms with Gasteiger partial charge in [-0.2, -0.15) is 11.3 Å². The minimum Gasteiger partial charge on any atom is -0.338 e. The second-order valence-corrected chi connectivity index (χ2v) is 6.50. The molecule has 0 fully saturated rings. The maximum absolute atomic E-state index is 12.0. The molecule has 2 amide bonds. The zero-order chi connectivity index (χ0) is 17.3. The van der Waals surface area contributed by atoms with Crippen LogP contribution in [0.4, 0.5) is 4.79 Å². The van der Waals surface area contributed by atoms with Crippen LogP contribution in [-0.2, 0) is 13.0 Å². The fraction of sp³-hybridized carbons (Fsp3) is 0.200. The number of carbonyl (C=O) groups excluding carboxylic acids is 1. The number of nitrogens with one attached hydrogen (secondary N) is 2. The number of benzene rings is 1. The van der Waals surface area contributed by atoms with Crippen molar-refractivity contribution in [3.63, 3.8) is 0 Å². The summed E-state index contributed by atoms with van der Waals surface area (Å²) in [6, 6.07) is 16.1. The summed E-state index contributed by atoms with van der Waals surface area (Å²) in [4.78, 5) is 16.4. The Kier molecular flexibility index (Phi) is 6.17. The Morgan fingerprint density at radius 3 is 2.72 bits per heavy atom. The number of hydrogen-bond donors (Lipinski definition) is 2. The van der Waals surface area contributed by atoms with Gasteiger partial charge in [0.25, 0.3) is 0 Å². The van der Waals surface area contributed by atoms with Crippen molar-refractivity contribution in [3.05, 3.63) is 76.6 Å². The van der Waals surface area contributed by atoms with Gasteiger partial charge in [0, 0.05) is 30.2 Å². The topological polar surface area (TPSA) is 54.0 Å². The summed E-state index contributed by atoms with van der Waals surface area (Å²) in [5, 5.41) is 9.92. The molecule has 1 aromatic carbocycles. The standard InChI is InChI=1S/C20H21N3OS/c24-20(22-12-4-8-16-6-2-1-3-7-16)23-14-17-9-5-11-21-19(17)18-10-13-25-15-18/h1-3,5-7,9-11,13,15H,4,8,12,14H2,(H2,22,23,24). The Morgan fingerprint density at radius 2 is 1.92 bits per heavy atom. The molecule has 0 saturated carbocycles. The second kappa shape index (κ2) is 8.99. The molecule has 4 nitrogen and oxygen atoms in total. The molecule has 2 aromatic heterocycles. The Balaban J connectivity index is 1.44. The Labute approximate surface area is 151 Å². The molecule has 3 rings (SSSR count). The molecule has 0 unspecified atom stereocenters. The van der Waals surface area contributed by atoms with Gasteiger partial charge in [-0.25, -0.2) is 4.79 Å². The van der Waals surface area contributed by atoms with Crippen molar-refractivity contribution >= 4 is 17.4 Å². The number of carbonyl (C=O) groups is 1. The van der Waals surface area contributed by atoms with E-state index in [9.17, 15) is 4.79 Å². The number of aryl methyl sites for hydroxylation is 1. The van der Waals surface area contributed by atoms with E-state index in [0.29, 0.717) is 13.1 Å². The van der Waals surface area contributed by atoms with Crippen molar-refractivity contribution in [3.8, 4) is 11.3 Å². The smallest absolute Gasteiger partial charge is 0.315 e. The SMILES string of the molecule is O=C(NCCCc1ccccc1)NCc1cccnc1-c1ccsc1. The lowest BCUT2D eigenvalue weighted by Crippen LogP contribution is -2.35. The van der Waals surface area contributed by atoms with Crippen molar-refractivity contribution in [2.24, 2.45) is 0 Å². The number of aromatic nitrogens is 1. The molecule has 0 spiro atoms. The van der Waals surface area contributed by atoms with Gasteiger partial charge in [-0.1, -0.05) is 36.4 Å². The van der Waals surface area contributed by atoms with E-state index in [1.54, 1.807) is 17.5 Å². The maximum atomic E-state index is 12.0. The predicted molar refractivity (Wildman–Crippen MR) is 103 cm³/mol. The summed E-state index contributed by atoms with van der Waals surface area (Å²) in [6.45, 7) is 1.12. The highest BCUT2D eigenvalue weighted by molar-refractivity contribution is 7.08. The quantitative estimate of drug-likeness (QED) is 0.626. The highest BCUT2D eigenvalue weighted by Gasteiger charge is 2.08. The van der Waals surface area contributed by atoms with Crippen molar-refractivity contribution in [1.29, 1.82) is 0 Å². The molecule has 3 aromatic rings. The van der Waals surface area contributed by atoms with Gasteiger partial charge in [0.2, 0.25) is 0 Å². The van der Waals surface area contributed by atoms with Gasteiger partial charge < -0.3 is 10.6 Å². The summed E-state index contributed by atoms with van der Waals surface area (Å²) in [5.41, 5.74) is 4.32. The minimum absolute atomic E-state index is 0.145. The van der Waals surface area contributed by atoms with Crippen LogP contribution in [0.3, 0.4) is 0 Å². The molecule has 0 atom stereocenters. The third-order valence-electron chi connectivity index (χ3n) is 3.90. The van der Waals surface area contributed by atoms with Gasteiger partial charge in [0.15, 0.2) is 0 Å². The Morgan fingerprint density at radius 1 is 1.04 bits per heavy atom. The van der Waals surface area contributed by atoms with Gasteiger partial charge in [-0.15, -0.1) is 0 Å². The van der Waals surface area contributed by atoms with Gasteiger partial charge in [-0.3, -0.25) is 4.98 Å². The first-order chi connectivity index (χ1) is 12.3. The van der Waals surface area contributed by atoms with Crippen LogP contribution in [0, 0.1) is 0 Å². The lowest BCUT2D eigenvalue weighted by Gasteiger charge is -2.10. The number of rotatable bonds is 7. The van der Waals surface area contributed by atoms with E-state index in [0.717, 1.165) is 29.7 Å². The van der Waals surface area contributed by atoms with Crippen LogP contribution >= 0.6 is 11.3 Å². The van der Waals surface area contributed by atoms with Crippen molar-refractivity contribution in [1.82, 2.24) is 15.6 Å². The summed E-state index contributed by atoms with van der Waals surface area (Å²) in [6.07, 6.45) is 3.66. The number of urea groups is 1. The summed E-state index contributed by atoms with van der Waals surface area (Å²) in [7, 11) is 0. The molecule has 0 radical (unpaired) electrons. The summed E-state index contributed by atoms with van der Waals surface area (Å²) < 4.78 is 0. The summed E-state index contributed by atoms with van der Waals surface area (Å²) in [5.74, 6) is 0. The molecular weight excluding hydrogens is 330 g/mol. The first-order valence-electron chi connectivity index (χ1n) is 8.35. The zero-order valence-electron chi connectivity index (χ0n) is 13.9. The number of nitrogens with zero attached hydrogens (tertiary/aromatic N) is 1. The predicted octanol–water partition coefficient (Wildman–Crippen LogP) is 4.24. The molecule has 0 aliphatic heterocycles. The normalized spacial score (nSPS) is 10.4. The number of hydrogen-bond acceptors (Lipinski definition) is 3. The Hall–Kier alpha value is -2.66.